The Morgan fingerprint density at radius 3 is 2.27 bits per heavy atom. The smallest absolute Gasteiger partial charge is 0.324 e. The average Bonchev–Trinajstić information content (AvgIpc) is 3.38. The van der Waals surface area contributed by atoms with E-state index in [9.17, 15) is 18.0 Å². The van der Waals surface area contributed by atoms with E-state index in [1.807, 2.05) is 47.3 Å². The number of benzene rings is 3. The molecule has 0 aliphatic heterocycles. The first-order valence-electron chi connectivity index (χ1n) is 10.3. The lowest BCUT2D eigenvalue weighted by atomic mass is 9.91. The molecule has 33 heavy (non-hydrogen) atoms. The normalized spacial score (nSPS) is 11.6. The molecule has 6 heteroatoms. The lowest BCUT2D eigenvalue weighted by Crippen LogP contribution is -2.09. The van der Waals surface area contributed by atoms with Crippen molar-refractivity contribution in [1.82, 2.24) is 9.55 Å². The van der Waals surface area contributed by atoms with E-state index in [2.05, 4.69) is 4.98 Å². The van der Waals surface area contributed by atoms with Gasteiger partial charge in [-0.2, -0.15) is 13.2 Å². The Balaban J connectivity index is 1.81. The monoisotopic (exact) mass is 442 g/mol. The predicted octanol–water partition coefficient (Wildman–Crippen LogP) is 6.94. The van der Waals surface area contributed by atoms with Gasteiger partial charge in [-0.05, 0) is 35.9 Å². The van der Waals surface area contributed by atoms with E-state index in [1.54, 1.807) is 42.5 Å². The molecule has 3 aromatic carbocycles. The van der Waals surface area contributed by atoms with Gasteiger partial charge in [0, 0.05) is 46.4 Å². The van der Waals surface area contributed by atoms with Crippen LogP contribution in [0.15, 0.2) is 104 Å². The first-order valence-corrected chi connectivity index (χ1v) is 10.3. The molecule has 0 bridgehead atoms. The maximum absolute atomic E-state index is 13.7. The lowest BCUT2D eigenvalue weighted by molar-refractivity contribution is -0.136. The molecule has 0 fully saturated rings. The van der Waals surface area contributed by atoms with Gasteiger partial charge in [0.25, 0.3) is 0 Å². The highest BCUT2D eigenvalue weighted by Gasteiger charge is 2.34. The number of aromatic nitrogens is 2. The number of carbonyl (C=O) groups is 1. The van der Waals surface area contributed by atoms with Gasteiger partial charge in [-0.25, -0.2) is 0 Å². The molecule has 0 saturated heterocycles. The molecule has 5 rings (SSSR count). The minimum Gasteiger partial charge on any atom is -0.324 e. The van der Waals surface area contributed by atoms with Crippen LogP contribution in [0.25, 0.3) is 27.7 Å². The number of ketones is 1. The third-order valence-electron chi connectivity index (χ3n) is 5.52. The molecule has 5 aromatic rings. The summed E-state index contributed by atoms with van der Waals surface area (Å²) in [5.41, 5.74) is 1.55. The van der Waals surface area contributed by atoms with E-state index < -0.39 is 11.7 Å². The van der Waals surface area contributed by atoms with Crippen molar-refractivity contribution >= 4 is 16.7 Å². The molecule has 3 nitrogen and oxygen atoms in total. The number of hydrogen-bond donors (Lipinski definition) is 0. The zero-order chi connectivity index (χ0) is 23.0. The van der Waals surface area contributed by atoms with Crippen molar-refractivity contribution in [2.24, 2.45) is 0 Å². The van der Waals surface area contributed by atoms with Crippen molar-refractivity contribution in [1.29, 1.82) is 0 Å². The van der Waals surface area contributed by atoms with Crippen LogP contribution in [0.4, 0.5) is 13.2 Å². The minimum absolute atomic E-state index is 0.184. The molecule has 0 unspecified atom stereocenters. The molecule has 0 radical (unpaired) electrons. The van der Waals surface area contributed by atoms with E-state index in [0.717, 1.165) is 11.8 Å². The van der Waals surface area contributed by atoms with Crippen LogP contribution in [0.5, 0.6) is 0 Å². The highest BCUT2D eigenvalue weighted by molar-refractivity contribution is 6.16. The molecular formula is C27H17F3N2O. The summed E-state index contributed by atoms with van der Waals surface area (Å²) < 4.78 is 43.0. The van der Waals surface area contributed by atoms with Crippen LogP contribution in [0.1, 0.15) is 21.5 Å². The number of hydrogen-bond acceptors (Lipinski definition) is 2. The fraction of sp³-hybridized carbons (Fsp3) is 0.0370. The van der Waals surface area contributed by atoms with E-state index >= 15 is 0 Å². The van der Waals surface area contributed by atoms with E-state index in [4.69, 9.17) is 0 Å². The number of halogens is 3. The summed E-state index contributed by atoms with van der Waals surface area (Å²) in [7, 11) is 0. The number of fused-ring (bicyclic) bond motifs is 1. The van der Waals surface area contributed by atoms with E-state index in [-0.39, 0.29) is 22.2 Å². The van der Waals surface area contributed by atoms with E-state index in [0.29, 0.717) is 16.7 Å². The second kappa shape index (κ2) is 8.06. The Morgan fingerprint density at radius 2 is 1.55 bits per heavy atom. The van der Waals surface area contributed by atoms with Gasteiger partial charge in [0.1, 0.15) is 0 Å². The van der Waals surface area contributed by atoms with Gasteiger partial charge in [0.05, 0.1) is 11.1 Å². The van der Waals surface area contributed by atoms with Gasteiger partial charge in [-0.15, -0.1) is 0 Å². The van der Waals surface area contributed by atoms with Gasteiger partial charge in [-0.3, -0.25) is 9.78 Å². The van der Waals surface area contributed by atoms with Crippen LogP contribution in [-0.2, 0) is 6.18 Å². The first-order chi connectivity index (χ1) is 15.9. The van der Waals surface area contributed by atoms with Gasteiger partial charge >= 0.3 is 6.18 Å². The summed E-state index contributed by atoms with van der Waals surface area (Å²) in [5.74, 6) is -0.302. The highest BCUT2D eigenvalue weighted by atomic mass is 19.4. The van der Waals surface area contributed by atoms with Crippen molar-refractivity contribution in [3.63, 3.8) is 0 Å². The minimum atomic E-state index is -4.57. The zero-order valence-electron chi connectivity index (χ0n) is 17.3. The second-order valence-electron chi connectivity index (χ2n) is 7.58. The Labute approximate surface area is 187 Å². The van der Waals surface area contributed by atoms with Gasteiger partial charge in [-0.1, -0.05) is 54.6 Å². The molecule has 162 valence electrons. The molecule has 0 saturated carbocycles. The Bertz CT molecular complexity index is 1460. The van der Waals surface area contributed by atoms with Crippen molar-refractivity contribution in [2.75, 3.05) is 0 Å². The Hall–Kier alpha value is -4.19. The summed E-state index contributed by atoms with van der Waals surface area (Å²) in [6, 6.07) is 23.7. The molecular weight excluding hydrogens is 425 g/mol. The van der Waals surface area contributed by atoms with Gasteiger partial charge in [0.15, 0.2) is 5.78 Å². The van der Waals surface area contributed by atoms with Crippen LogP contribution in [0.2, 0.25) is 0 Å². The van der Waals surface area contributed by atoms with E-state index in [1.165, 1.54) is 12.3 Å². The van der Waals surface area contributed by atoms with Crippen LogP contribution in [0.3, 0.4) is 0 Å². The van der Waals surface area contributed by atoms with Gasteiger partial charge in [0.2, 0.25) is 0 Å². The van der Waals surface area contributed by atoms with Crippen LogP contribution < -0.4 is 0 Å². The zero-order valence-corrected chi connectivity index (χ0v) is 17.3. The maximum Gasteiger partial charge on any atom is 0.418 e. The first kappa shape index (κ1) is 20.7. The quantitative estimate of drug-likeness (QED) is 0.283. The maximum atomic E-state index is 13.7. The molecule has 0 N–H and O–H groups in total. The Morgan fingerprint density at radius 1 is 0.818 bits per heavy atom. The second-order valence-corrected chi connectivity index (χ2v) is 7.58. The van der Waals surface area contributed by atoms with Crippen molar-refractivity contribution < 1.29 is 18.0 Å². The number of alkyl halides is 3. The molecule has 0 spiro atoms. The summed E-state index contributed by atoms with van der Waals surface area (Å²) in [6.07, 6.45) is 0.440. The molecule has 0 aliphatic carbocycles. The summed E-state index contributed by atoms with van der Waals surface area (Å²) in [4.78, 5) is 17.5. The molecule has 2 heterocycles. The van der Waals surface area contributed by atoms with Crippen LogP contribution in [0, 0.1) is 0 Å². The van der Waals surface area contributed by atoms with Crippen LogP contribution in [-0.4, -0.2) is 15.3 Å². The number of rotatable bonds is 4. The SMILES string of the molecule is O=C(c1ccccc1)c1cnc2c(C(F)(F)F)cccc2c1-c1cccc(-n2cccc2)c1. The number of para-hydroxylation sites is 1. The number of pyridine rings is 1. The molecule has 0 aliphatic rings. The fourth-order valence-electron chi connectivity index (χ4n) is 4.01. The highest BCUT2D eigenvalue weighted by Crippen LogP contribution is 2.39. The van der Waals surface area contributed by atoms with Crippen LogP contribution >= 0.6 is 0 Å². The van der Waals surface area contributed by atoms with Gasteiger partial charge < -0.3 is 4.57 Å². The van der Waals surface area contributed by atoms with Crippen molar-refractivity contribution in [2.45, 2.75) is 6.18 Å². The molecule has 2 aromatic heterocycles. The van der Waals surface area contributed by atoms with Crippen molar-refractivity contribution in [3.8, 4) is 16.8 Å². The summed E-state index contributed by atoms with van der Waals surface area (Å²) in [5, 5.41) is 0.274. The topological polar surface area (TPSA) is 34.9 Å². The molecule has 0 atom stereocenters. The average molecular weight is 442 g/mol. The number of carbonyl (C=O) groups excluding carboxylic acids is 1. The third-order valence-corrected chi connectivity index (χ3v) is 5.52. The Kier molecular flexibility index (Phi) is 5.05. The summed E-state index contributed by atoms with van der Waals surface area (Å²) in [6.45, 7) is 0. The number of nitrogens with zero attached hydrogens (tertiary/aromatic N) is 2. The van der Waals surface area contributed by atoms with Crippen molar-refractivity contribution in [3.05, 3.63) is 120 Å². The fourth-order valence-corrected chi connectivity index (χ4v) is 4.01. The third kappa shape index (κ3) is 3.80. The largest absolute Gasteiger partial charge is 0.418 e. The lowest BCUT2D eigenvalue weighted by Gasteiger charge is -2.16. The summed E-state index contributed by atoms with van der Waals surface area (Å²) >= 11 is 0. The predicted molar refractivity (Wildman–Crippen MR) is 121 cm³/mol. The standard InChI is InChI=1S/C27H17F3N2O/c28-27(29,30)23-13-7-12-21-24(19-10-6-11-20(16-19)32-14-4-5-15-32)22(17-31-25(21)23)26(33)18-8-2-1-3-9-18/h1-17H. The molecule has 0 amide bonds.